The Morgan fingerprint density at radius 1 is 1.05 bits per heavy atom. The van der Waals surface area contributed by atoms with E-state index < -0.39 is 5.91 Å². The first-order valence-electron chi connectivity index (χ1n) is 15.5. The van der Waals surface area contributed by atoms with Crippen LogP contribution in [0.2, 0.25) is 0 Å². The van der Waals surface area contributed by atoms with Gasteiger partial charge in [0.05, 0.1) is 22.7 Å². The van der Waals surface area contributed by atoms with Crippen molar-refractivity contribution >= 4 is 40.3 Å². The van der Waals surface area contributed by atoms with Crippen LogP contribution in [0.3, 0.4) is 0 Å². The molecule has 1 amide bonds. The Morgan fingerprint density at radius 3 is 2.45 bits per heavy atom. The lowest BCUT2D eigenvalue weighted by molar-refractivity contribution is 0.0904. The maximum absolute atomic E-state index is 12.6. The summed E-state index contributed by atoms with van der Waals surface area (Å²) >= 11 is 1.50. The molecule has 13 heteroatoms. The number of benzene rings is 1. The van der Waals surface area contributed by atoms with Crippen molar-refractivity contribution in [1.29, 1.82) is 0 Å². The van der Waals surface area contributed by atoms with Crippen LogP contribution in [0.5, 0.6) is 5.75 Å². The highest BCUT2D eigenvalue weighted by Gasteiger charge is 2.28. The molecule has 4 N–H and O–H groups in total. The third kappa shape index (κ3) is 6.90. The molecular formula is C31H43N9O3S. The van der Waals surface area contributed by atoms with E-state index >= 15 is 0 Å². The fourth-order valence-electron chi connectivity index (χ4n) is 6.29. The van der Waals surface area contributed by atoms with Gasteiger partial charge in [-0.2, -0.15) is 0 Å². The van der Waals surface area contributed by atoms with E-state index in [0.717, 1.165) is 92.0 Å². The lowest BCUT2D eigenvalue weighted by atomic mass is 10.0. The summed E-state index contributed by atoms with van der Waals surface area (Å²) in [5.41, 5.74) is 8.26. The van der Waals surface area contributed by atoms with Gasteiger partial charge in [0.15, 0.2) is 17.3 Å². The Morgan fingerprint density at radius 2 is 1.80 bits per heavy atom. The molecule has 3 aliphatic heterocycles. The zero-order valence-corrected chi connectivity index (χ0v) is 26.7. The van der Waals surface area contributed by atoms with E-state index in [2.05, 4.69) is 43.4 Å². The number of rotatable bonds is 9. The molecule has 0 unspecified atom stereocenters. The molecule has 0 radical (unpaired) electrons. The summed E-state index contributed by atoms with van der Waals surface area (Å²) in [5, 5.41) is 7.76. The first kappa shape index (κ1) is 30.5. The van der Waals surface area contributed by atoms with Crippen LogP contribution in [0.25, 0.3) is 10.6 Å². The second-order valence-electron chi connectivity index (χ2n) is 11.8. The maximum Gasteiger partial charge on any atom is 0.271 e. The van der Waals surface area contributed by atoms with Crippen molar-refractivity contribution in [2.75, 3.05) is 82.2 Å². The summed E-state index contributed by atoms with van der Waals surface area (Å²) < 4.78 is 11.4. The number of nitrogens with two attached hydrogens (primary N) is 1. The largest absolute Gasteiger partial charge is 0.495 e. The van der Waals surface area contributed by atoms with Gasteiger partial charge in [0.25, 0.3) is 5.91 Å². The van der Waals surface area contributed by atoms with E-state index in [0.29, 0.717) is 36.6 Å². The van der Waals surface area contributed by atoms with Crippen LogP contribution in [0.15, 0.2) is 24.4 Å². The molecule has 1 aromatic carbocycles. The van der Waals surface area contributed by atoms with Gasteiger partial charge in [-0.15, -0.1) is 11.3 Å². The number of aryl methyl sites for hydroxylation is 1. The molecule has 2 aromatic heterocycles. The van der Waals surface area contributed by atoms with Crippen molar-refractivity contribution in [2.24, 2.45) is 5.73 Å². The number of hydrogen-bond donors (Lipinski definition) is 3. The summed E-state index contributed by atoms with van der Waals surface area (Å²) in [6, 6.07) is 6.82. The standard InChI is InChI=1S/C31H43N9O3S/c1-20-33-19-26(44-20)27-30(34-21-8-16-43-17-9-21)37-31(28(36-27)29(32)41)35-22-4-5-24(25(18-22)42-3)40-10-6-23(7-11-40)39-14-12-38(2)13-15-39/h4-5,18-19,21,23H,6-17H2,1-3H3,(H2,32,41)(H2,34,35,37). The van der Waals surface area contributed by atoms with Gasteiger partial charge in [-0.1, -0.05) is 0 Å². The summed E-state index contributed by atoms with van der Waals surface area (Å²) in [4.78, 5) is 34.9. The number of primary amides is 1. The van der Waals surface area contributed by atoms with Gasteiger partial charge in [0, 0.05) is 82.5 Å². The van der Waals surface area contributed by atoms with Crippen LogP contribution in [-0.2, 0) is 4.74 Å². The highest BCUT2D eigenvalue weighted by molar-refractivity contribution is 7.15. The van der Waals surface area contributed by atoms with Crippen LogP contribution in [0.4, 0.5) is 23.0 Å². The highest BCUT2D eigenvalue weighted by Crippen LogP contribution is 2.37. The molecule has 0 atom stereocenters. The van der Waals surface area contributed by atoms with E-state index in [4.69, 9.17) is 25.2 Å². The highest BCUT2D eigenvalue weighted by atomic mass is 32.1. The van der Waals surface area contributed by atoms with Crippen LogP contribution >= 0.6 is 11.3 Å². The lowest BCUT2D eigenvalue weighted by Gasteiger charge is -2.42. The topological polar surface area (TPSA) is 134 Å². The summed E-state index contributed by atoms with van der Waals surface area (Å²) in [6.07, 6.45) is 5.75. The number of carbonyl (C=O) groups excluding carboxylic acids is 1. The molecule has 44 heavy (non-hydrogen) atoms. The maximum atomic E-state index is 12.6. The number of methoxy groups -OCH3 is 1. The zero-order valence-electron chi connectivity index (χ0n) is 25.8. The molecule has 0 bridgehead atoms. The monoisotopic (exact) mass is 621 g/mol. The van der Waals surface area contributed by atoms with Crippen molar-refractivity contribution in [2.45, 2.75) is 44.7 Å². The predicted octanol–water partition coefficient (Wildman–Crippen LogP) is 3.57. The Hall–Kier alpha value is -3.52. The first-order valence-corrected chi connectivity index (χ1v) is 16.3. The Balaban J connectivity index is 1.23. The third-order valence-corrected chi connectivity index (χ3v) is 9.77. The number of thiazole rings is 1. The zero-order chi connectivity index (χ0) is 30.6. The fraction of sp³-hybridized carbons (Fsp3) is 0.548. The van der Waals surface area contributed by atoms with Gasteiger partial charge in [0.1, 0.15) is 11.4 Å². The molecule has 236 valence electrons. The van der Waals surface area contributed by atoms with Gasteiger partial charge in [0.2, 0.25) is 0 Å². The molecular weight excluding hydrogens is 578 g/mol. The van der Waals surface area contributed by atoms with Crippen molar-refractivity contribution in [1.82, 2.24) is 24.8 Å². The van der Waals surface area contributed by atoms with E-state index in [1.165, 1.54) is 11.3 Å². The summed E-state index contributed by atoms with van der Waals surface area (Å²) in [5.74, 6) is 0.977. The van der Waals surface area contributed by atoms with Crippen molar-refractivity contribution < 1.29 is 14.3 Å². The Kier molecular flexibility index (Phi) is 9.45. The minimum atomic E-state index is -0.660. The summed E-state index contributed by atoms with van der Waals surface area (Å²) in [6.45, 7) is 9.86. The number of piperazine rings is 1. The molecule has 12 nitrogen and oxygen atoms in total. The second kappa shape index (κ2) is 13.6. The van der Waals surface area contributed by atoms with Crippen molar-refractivity contribution in [3.05, 3.63) is 35.1 Å². The Labute approximate surface area is 263 Å². The normalized spacial score (nSPS) is 19.2. The number of aromatic nitrogens is 3. The quantitative estimate of drug-likeness (QED) is 0.324. The molecule has 3 saturated heterocycles. The van der Waals surface area contributed by atoms with Crippen molar-refractivity contribution in [3.8, 4) is 16.3 Å². The molecule has 3 aliphatic rings. The number of ether oxygens (including phenoxy) is 2. The number of anilines is 4. The smallest absolute Gasteiger partial charge is 0.271 e. The van der Waals surface area contributed by atoms with Crippen LogP contribution in [0, 0.1) is 6.92 Å². The van der Waals surface area contributed by atoms with Crippen LogP contribution in [-0.4, -0.2) is 109 Å². The molecule has 0 aliphatic carbocycles. The molecule has 6 rings (SSSR count). The van der Waals surface area contributed by atoms with Gasteiger partial charge in [-0.05, 0) is 51.8 Å². The van der Waals surface area contributed by atoms with E-state index in [9.17, 15) is 4.79 Å². The Bertz CT molecular complexity index is 1450. The predicted molar refractivity (Wildman–Crippen MR) is 174 cm³/mol. The van der Waals surface area contributed by atoms with Gasteiger partial charge in [-0.3, -0.25) is 9.69 Å². The number of amides is 1. The minimum absolute atomic E-state index is 0.0672. The summed E-state index contributed by atoms with van der Waals surface area (Å²) in [7, 11) is 3.89. The van der Waals surface area contributed by atoms with Crippen molar-refractivity contribution in [3.63, 3.8) is 0 Å². The fourth-order valence-corrected chi connectivity index (χ4v) is 7.05. The average Bonchev–Trinajstić information content (AvgIpc) is 3.48. The van der Waals surface area contributed by atoms with Crippen LogP contribution in [0.1, 0.15) is 41.2 Å². The number of nitrogens with one attached hydrogen (secondary N) is 2. The first-order chi connectivity index (χ1) is 21.4. The van der Waals surface area contributed by atoms with E-state index in [1.807, 2.05) is 19.1 Å². The van der Waals surface area contributed by atoms with Gasteiger partial charge >= 0.3 is 0 Å². The molecule has 3 fully saturated rings. The number of likely N-dealkylation sites (N-methyl/N-ethyl adjacent to an activating group) is 1. The molecule has 3 aromatic rings. The second-order valence-corrected chi connectivity index (χ2v) is 13.1. The SMILES string of the molecule is COc1cc(Nc2nc(NC3CCOCC3)c(-c3cnc(C)s3)nc2C(N)=O)ccc1N1CCC(N2CCN(C)CC2)CC1. The van der Waals surface area contributed by atoms with Crippen LogP contribution < -0.4 is 26.0 Å². The van der Waals surface area contributed by atoms with E-state index in [-0.39, 0.29) is 11.7 Å². The van der Waals surface area contributed by atoms with E-state index in [1.54, 1.807) is 13.3 Å². The average molecular weight is 622 g/mol. The number of hydrogen-bond acceptors (Lipinski definition) is 12. The number of nitrogens with zero attached hydrogens (tertiary/aromatic N) is 6. The molecule has 5 heterocycles. The number of piperidine rings is 1. The third-order valence-electron chi connectivity index (χ3n) is 8.85. The molecule has 0 saturated carbocycles. The minimum Gasteiger partial charge on any atom is -0.495 e. The van der Waals surface area contributed by atoms with Gasteiger partial charge in [-0.25, -0.2) is 15.0 Å². The molecule has 0 spiro atoms. The van der Waals surface area contributed by atoms with Gasteiger partial charge < -0.3 is 35.6 Å². The lowest BCUT2D eigenvalue weighted by Crippen LogP contribution is -2.52. The number of carbonyl (C=O) groups is 1.